The minimum Gasteiger partial charge on any atom is -0.393 e. The quantitative estimate of drug-likeness (QED) is 0.219. The van der Waals surface area contributed by atoms with Gasteiger partial charge in [-0.05, 0) is 69.4 Å². The average molecular weight is 746 g/mol. The van der Waals surface area contributed by atoms with Crippen molar-refractivity contribution >= 4 is 11.6 Å². The Bertz CT molecular complexity index is 1400. The van der Waals surface area contributed by atoms with Gasteiger partial charge in [-0.1, -0.05) is 66.7 Å². The topological polar surface area (TPSA) is 145 Å². The Balaban J connectivity index is 1.13. The molecule has 0 radical (unpaired) electrons. The maximum atomic E-state index is 13.3. The van der Waals surface area contributed by atoms with Gasteiger partial charge >= 0.3 is 0 Å². The van der Waals surface area contributed by atoms with E-state index < -0.39 is 53.6 Å². The van der Waals surface area contributed by atoms with Gasteiger partial charge in [-0.15, -0.1) is 0 Å². The number of benzene rings is 1. The number of anilines is 1. The van der Waals surface area contributed by atoms with Crippen LogP contribution in [-0.4, -0.2) is 100 Å². The Kier molecular flexibility index (Phi) is 12.1. The van der Waals surface area contributed by atoms with Crippen molar-refractivity contribution in [2.24, 2.45) is 35.5 Å². The van der Waals surface area contributed by atoms with Crippen LogP contribution in [0.5, 0.6) is 0 Å². The van der Waals surface area contributed by atoms with Crippen LogP contribution in [0.25, 0.3) is 0 Å². The van der Waals surface area contributed by atoms with Crippen LogP contribution >= 0.6 is 0 Å². The number of methoxy groups -OCH3 is 1. The van der Waals surface area contributed by atoms with Crippen molar-refractivity contribution in [3.8, 4) is 0 Å². The number of para-hydroxylation sites is 1. The number of hydrogen-bond donors (Lipinski definition) is 4. The SMILES string of the molecule is CC[C@@]1([C@@H]2O[C@@H]([C@H]3O[C@@](O)(CO)[C@H](C)C[C@@H]3C)C[C@@H]2C)CC[C@H]([C@]2(C)CC[C@]3(C[C@H](O)[C@@H](C)[C@@H]([C@@H](C)[C@@H](OC)[C@H](C)C(=O)Nc4ccccc4)O3)O2)O1. The summed E-state index contributed by atoms with van der Waals surface area (Å²) >= 11 is 0. The van der Waals surface area contributed by atoms with Gasteiger partial charge in [-0.3, -0.25) is 4.79 Å². The maximum absolute atomic E-state index is 13.3. The summed E-state index contributed by atoms with van der Waals surface area (Å²) in [6.45, 7) is 16.0. The molecule has 4 N–H and O–H groups in total. The van der Waals surface area contributed by atoms with E-state index in [-0.39, 0.29) is 59.9 Å². The number of rotatable bonds is 11. The minimum absolute atomic E-state index is 0.134. The Labute approximate surface area is 316 Å². The molecule has 1 spiro atoms. The number of carbonyl (C=O) groups excluding carboxylic acids is 1. The molecule has 5 aliphatic heterocycles. The van der Waals surface area contributed by atoms with Crippen LogP contribution in [0, 0.1) is 35.5 Å². The average Bonchev–Trinajstić information content (AvgIpc) is 3.85. The van der Waals surface area contributed by atoms with Gasteiger partial charge in [0.05, 0.1) is 66.5 Å². The summed E-state index contributed by atoms with van der Waals surface area (Å²) < 4.78 is 40.2. The first-order valence-electron chi connectivity index (χ1n) is 20.3. The van der Waals surface area contributed by atoms with Gasteiger partial charge in [-0.2, -0.15) is 0 Å². The predicted molar refractivity (Wildman–Crippen MR) is 200 cm³/mol. The summed E-state index contributed by atoms with van der Waals surface area (Å²) in [6.07, 6.45) is 3.32. The van der Waals surface area contributed by atoms with E-state index in [4.69, 9.17) is 28.4 Å². The number of amides is 1. The normalized spacial score (nSPS) is 46.3. The van der Waals surface area contributed by atoms with Gasteiger partial charge in [0.1, 0.15) is 0 Å². The van der Waals surface area contributed by atoms with Gasteiger partial charge in [0.2, 0.25) is 5.91 Å². The van der Waals surface area contributed by atoms with Crippen LogP contribution < -0.4 is 5.32 Å². The molecule has 5 fully saturated rings. The maximum Gasteiger partial charge on any atom is 0.229 e. The lowest BCUT2D eigenvalue weighted by atomic mass is 9.78. The summed E-state index contributed by atoms with van der Waals surface area (Å²) in [6, 6.07) is 9.40. The van der Waals surface area contributed by atoms with Gasteiger partial charge in [0, 0.05) is 43.4 Å². The molecule has 53 heavy (non-hydrogen) atoms. The summed E-state index contributed by atoms with van der Waals surface area (Å²) in [5.74, 6) is -3.33. The lowest BCUT2D eigenvalue weighted by Crippen LogP contribution is -2.57. The summed E-state index contributed by atoms with van der Waals surface area (Å²) in [7, 11) is 1.63. The number of ether oxygens (including phenoxy) is 6. The molecule has 6 rings (SSSR count). The molecular weight excluding hydrogens is 678 g/mol. The Morgan fingerprint density at radius 1 is 1.02 bits per heavy atom. The number of aliphatic hydroxyl groups excluding tert-OH is 2. The largest absolute Gasteiger partial charge is 0.393 e. The number of nitrogens with one attached hydrogen (secondary N) is 1. The van der Waals surface area contributed by atoms with Crippen molar-refractivity contribution in [3.05, 3.63) is 30.3 Å². The molecule has 0 aromatic heterocycles. The van der Waals surface area contributed by atoms with Crippen LogP contribution in [0.3, 0.4) is 0 Å². The number of carbonyl (C=O) groups is 1. The van der Waals surface area contributed by atoms with Crippen LogP contribution in [0.1, 0.15) is 107 Å². The highest BCUT2D eigenvalue weighted by molar-refractivity contribution is 5.92. The van der Waals surface area contributed by atoms with Gasteiger partial charge < -0.3 is 49.1 Å². The van der Waals surface area contributed by atoms with Crippen molar-refractivity contribution in [3.63, 3.8) is 0 Å². The molecule has 17 atom stereocenters. The molecule has 1 aromatic rings. The zero-order chi connectivity index (χ0) is 38.5. The first kappa shape index (κ1) is 41.0. The fourth-order valence-corrected chi connectivity index (χ4v) is 10.7. The van der Waals surface area contributed by atoms with Gasteiger partial charge in [0.15, 0.2) is 11.6 Å². The van der Waals surface area contributed by atoms with Gasteiger partial charge in [0.25, 0.3) is 0 Å². The molecule has 5 aliphatic rings. The Morgan fingerprint density at radius 2 is 1.74 bits per heavy atom. The first-order valence-corrected chi connectivity index (χ1v) is 20.3. The molecule has 0 unspecified atom stereocenters. The predicted octanol–water partition coefficient (Wildman–Crippen LogP) is 5.83. The Morgan fingerprint density at radius 3 is 2.40 bits per heavy atom. The molecule has 1 aromatic carbocycles. The molecular formula is C42H67NO10. The van der Waals surface area contributed by atoms with E-state index in [0.717, 1.165) is 44.2 Å². The molecule has 1 amide bonds. The van der Waals surface area contributed by atoms with E-state index in [1.165, 1.54) is 0 Å². The molecule has 11 heteroatoms. The van der Waals surface area contributed by atoms with E-state index in [1.807, 2.05) is 58.0 Å². The van der Waals surface area contributed by atoms with Crippen LogP contribution in [0.4, 0.5) is 5.69 Å². The summed E-state index contributed by atoms with van der Waals surface area (Å²) in [5, 5.41) is 35.5. The van der Waals surface area contributed by atoms with Crippen LogP contribution in [-0.2, 0) is 33.2 Å². The standard InChI is InChI=1S/C42H67NO10/c1-10-40(37-25(3)21-32(49-37)34-24(2)20-26(4)42(47,23-44)52-34)17-16-33(50-40)39(8)18-19-41(53-39)22-31(45)27(5)36(51-41)28(6)35(48-9)29(7)38(46)43-30-14-12-11-13-15-30/h11-15,24-29,31-37,44-45,47H,10,16-23H2,1-9H3,(H,43,46)/t24-,25-,26+,27+,28-,29-,31-,32+,33+,34-,35+,36-,37+,39-,40-,41+,42-/m0/s1. The molecule has 300 valence electrons. The van der Waals surface area contributed by atoms with Crippen LogP contribution in [0.15, 0.2) is 30.3 Å². The monoisotopic (exact) mass is 745 g/mol. The third-order valence-corrected chi connectivity index (χ3v) is 14.1. The first-order chi connectivity index (χ1) is 25.0. The highest BCUT2D eigenvalue weighted by Gasteiger charge is 2.62. The highest BCUT2D eigenvalue weighted by atomic mass is 16.7. The molecule has 5 saturated heterocycles. The zero-order valence-electron chi connectivity index (χ0n) is 33.5. The highest BCUT2D eigenvalue weighted by Crippen LogP contribution is 2.55. The second-order valence-corrected chi connectivity index (χ2v) is 17.8. The molecule has 11 nitrogen and oxygen atoms in total. The van der Waals surface area contributed by atoms with E-state index in [0.29, 0.717) is 12.8 Å². The fourth-order valence-electron chi connectivity index (χ4n) is 10.7. The second kappa shape index (κ2) is 15.7. The van der Waals surface area contributed by atoms with E-state index in [1.54, 1.807) is 7.11 Å². The molecule has 0 bridgehead atoms. The smallest absolute Gasteiger partial charge is 0.229 e. The lowest BCUT2D eigenvalue weighted by molar-refractivity contribution is -0.336. The van der Waals surface area contributed by atoms with Gasteiger partial charge in [-0.25, -0.2) is 0 Å². The second-order valence-electron chi connectivity index (χ2n) is 17.8. The Hall–Kier alpha value is -1.67. The number of hydrogen-bond acceptors (Lipinski definition) is 10. The van der Waals surface area contributed by atoms with Crippen LogP contribution in [0.2, 0.25) is 0 Å². The third-order valence-electron chi connectivity index (χ3n) is 14.1. The van der Waals surface area contributed by atoms with E-state index in [2.05, 4.69) is 33.0 Å². The van der Waals surface area contributed by atoms with Crippen molar-refractivity contribution < 1.29 is 48.5 Å². The van der Waals surface area contributed by atoms with Crippen molar-refractivity contribution in [1.82, 2.24) is 0 Å². The summed E-state index contributed by atoms with van der Waals surface area (Å²) in [4.78, 5) is 13.3. The fraction of sp³-hybridized carbons (Fsp3) is 0.833. The molecule has 5 heterocycles. The molecule has 0 aliphatic carbocycles. The van der Waals surface area contributed by atoms with Crippen molar-refractivity contribution in [2.45, 2.75) is 172 Å². The molecule has 0 saturated carbocycles. The third kappa shape index (κ3) is 7.73. The number of aliphatic hydroxyl groups is 3. The minimum atomic E-state index is -1.56. The van der Waals surface area contributed by atoms with Crippen molar-refractivity contribution in [2.75, 3.05) is 19.0 Å². The summed E-state index contributed by atoms with van der Waals surface area (Å²) in [5.41, 5.74) is -0.402. The lowest BCUT2D eigenvalue weighted by Gasteiger charge is -2.49. The van der Waals surface area contributed by atoms with E-state index in [9.17, 15) is 20.1 Å². The zero-order valence-corrected chi connectivity index (χ0v) is 33.5. The van der Waals surface area contributed by atoms with Crippen molar-refractivity contribution in [1.29, 1.82) is 0 Å². The van der Waals surface area contributed by atoms with E-state index >= 15 is 0 Å².